The molecule has 0 saturated heterocycles. The van der Waals surface area contributed by atoms with E-state index in [1.165, 1.54) is 0 Å². The normalized spacial score (nSPS) is 10.6. The lowest BCUT2D eigenvalue weighted by Gasteiger charge is -2.24. The Morgan fingerprint density at radius 2 is 1.23 bits per heavy atom. The van der Waals surface area contributed by atoms with Gasteiger partial charge in [-0.3, -0.25) is 9.59 Å². The maximum atomic E-state index is 13.6. The Hall–Kier alpha value is -4.18. The van der Waals surface area contributed by atoms with Gasteiger partial charge in [0.2, 0.25) is 5.91 Å². The molecule has 176 valence electrons. The van der Waals surface area contributed by atoms with Gasteiger partial charge in [-0.05, 0) is 47.9 Å². The second-order valence-corrected chi connectivity index (χ2v) is 8.82. The van der Waals surface area contributed by atoms with Crippen LogP contribution in [0.25, 0.3) is 0 Å². The summed E-state index contributed by atoms with van der Waals surface area (Å²) in [4.78, 5) is 30.0. The minimum Gasteiger partial charge on any atom is -0.341 e. The van der Waals surface area contributed by atoms with Crippen LogP contribution in [-0.4, -0.2) is 23.8 Å². The average Bonchev–Trinajstić information content (AvgIpc) is 2.88. The van der Waals surface area contributed by atoms with Gasteiger partial charge in [0.15, 0.2) is 0 Å². The lowest BCUT2D eigenvalue weighted by Crippen LogP contribution is -2.31. The van der Waals surface area contributed by atoms with E-state index in [1.54, 1.807) is 9.80 Å². The second-order valence-electron chi connectivity index (χ2n) is 8.82. The van der Waals surface area contributed by atoms with Crippen LogP contribution < -0.4 is 4.90 Å². The average molecular weight is 463 g/mol. The van der Waals surface area contributed by atoms with Crippen molar-refractivity contribution >= 4 is 17.5 Å². The molecule has 0 spiro atoms. The summed E-state index contributed by atoms with van der Waals surface area (Å²) in [5.41, 5.74) is 5.52. The van der Waals surface area contributed by atoms with Crippen molar-refractivity contribution in [1.29, 1.82) is 0 Å². The van der Waals surface area contributed by atoms with E-state index in [2.05, 4.69) is 0 Å². The molecule has 0 aliphatic rings. The molecule has 0 aliphatic carbocycles. The number of hydrogen-bond donors (Lipinski definition) is 0. The molecule has 4 nitrogen and oxygen atoms in total. The third kappa shape index (κ3) is 6.45. The standard InChI is InChI=1S/C31H30N2O2/c1-24-16-18-28(19-17-24)31(35)33(23-26-12-7-4-8-13-26)29-15-9-14-27(20-29)21-30(34)32(2)22-25-10-5-3-6-11-25/h3-20H,21-23H2,1-2H3. The minimum atomic E-state index is -0.0708. The van der Waals surface area contributed by atoms with Crippen molar-refractivity contribution in [2.75, 3.05) is 11.9 Å². The first-order chi connectivity index (χ1) is 17.0. The fraction of sp³-hybridized carbons (Fsp3) is 0.161. The molecule has 0 aliphatic heterocycles. The predicted molar refractivity (Wildman–Crippen MR) is 141 cm³/mol. The van der Waals surface area contributed by atoms with Crippen molar-refractivity contribution in [3.05, 3.63) is 137 Å². The van der Waals surface area contributed by atoms with Gasteiger partial charge < -0.3 is 9.80 Å². The molecule has 4 heteroatoms. The molecule has 0 bridgehead atoms. The van der Waals surface area contributed by atoms with Crippen LogP contribution in [0.5, 0.6) is 0 Å². The fourth-order valence-electron chi connectivity index (χ4n) is 3.99. The fourth-order valence-corrected chi connectivity index (χ4v) is 3.99. The number of nitrogens with zero attached hydrogens (tertiary/aromatic N) is 2. The molecule has 4 rings (SSSR count). The Labute approximate surface area is 207 Å². The summed E-state index contributed by atoms with van der Waals surface area (Å²) in [6.45, 7) is 3.01. The van der Waals surface area contributed by atoms with Crippen molar-refractivity contribution in [3.8, 4) is 0 Å². The molecule has 0 radical (unpaired) electrons. The molecule has 0 atom stereocenters. The lowest BCUT2D eigenvalue weighted by molar-refractivity contribution is -0.129. The molecule has 0 aromatic heterocycles. The molecule has 0 heterocycles. The molecular weight excluding hydrogens is 432 g/mol. The summed E-state index contributed by atoms with van der Waals surface area (Å²) < 4.78 is 0. The van der Waals surface area contributed by atoms with E-state index in [9.17, 15) is 9.59 Å². The van der Waals surface area contributed by atoms with E-state index >= 15 is 0 Å². The second kappa shape index (κ2) is 11.3. The van der Waals surface area contributed by atoms with Crippen LogP contribution in [0, 0.1) is 6.92 Å². The summed E-state index contributed by atoms with van der Waals surface area (Å²) >= 11 is 0. The third-order valence-electron chi connectivity index (χ3n) is 5.99. The number of amides is 2. The van der Waals surface area contributed by atoms with Crippen molar-refractivity contribution in [3.63, 3.8) is 0 Å². The van der Waals surface area contributed by atoms with E-state index in [0.717, 1.165) is 27.9 Å². The maximum Gasteiger partial charge on any atom is 0.258 e. The van der Waals surface area contributed by atoms with E-state index in [-0.39, 0.29) is 18.2 Å². The smallest absolute Gasteiger partial charge is 0.258 e. The van der Waals surface area contributed by atoms with Gasteiger partial charge >= 0.3 is 0 Å². The summed E-state index contributed by atoms with van der Waals surface area (Å²) in [6, 6.07) is 35.2. The van der Waals surface area contributed by atoms with Crippen LogP contribution in [0.1, 0.15) is 32.6 Å². The van der Waals surface area contributed by atoms with Gasteiger partial charge in [0, 0.05) is 24.8 Å². The van der Waals surface area contributed by atoms with E-state index in [0.29, 0.717) is 18.7 Å². The number of benzene rings is 4. The summed E-state index contributed by atoms with van der Waals surface area (Å²) in [7, 11) is 1.82. The zero-order valence-electron chi connectivity index (χ0n) is 20.2. The Balaban J connectivity index is 1.56. The van der Waals surface area contributed by atoms with Crippen LogP contribution in [0.3, 0.4) is 0 Å². The quantitative estimate of drug-likeness (QED) is 0.320. The topological polar surface area (TPSA) is 40.6 Å². The van der Waals surface area contributed by atoms with Crippen LogP contribution in [-0.2, 0) is 24.3 Å². The molecule has 0 unspecified atom stereocenters. The molecule has 0 fully saturated rings. The van der Waals surface area contributed by atoms with Crippen molar-refractivity contribution < 1.29 is 9.59 Å². The van der Waals surface area contributed by atoms with Gasteiger partial charge in [-0.15, -0.1) is 0 Å². The van der Waals surface area contributed by atoms with Crippen molar-refractivity contribution in [2.45, 2.75) is 26.4 Å². The molecule has 4 aromatic carbocycles. The first kappa shape index (κ1) is 24.0. The maximum absolute atomic E-state index is 13.6. The zero-order chi connectivity index (χ0) is 24.6. The van der Waals surface area contributed by atoms with E-state index < -0.39 is 0 Å². The Kier molecular flexibility index (Phi) is 7.74. The first-order valence-electron chi connectivity index (χ1n) is 11.8. The molecule has 0 N–H and O–H groups in total. The van der Waals surface area contributed by atoms with Gasteiger partial charge in [-0.2, -0.15) is 0 Å². The van der Waals surface area contributed by atoms with Crippen LogP contribution in [0.4, 0.5) is 5.69 Å². The molecule has 4 aromatic rings. The number of rotatable bonds is 8. The number of anilines is 1. The Bertz CT molecular complexity index is 1270. The highest BCUT2D eigenvalue weighted by Crippen LogP contribution is 2.23. The molecule has 0 saturated carbocycles. The highest BCUT2D eigenvalue weighted by molar-refractivity contribution is 6.06. The molecule has 2 amide bonds. The van der Waals surface area contributed by atoms with Gasteiger partial charge in [0.1, 0.15) is 0 Å². The molecular formula is C31H30N2O2. The predicted octanol–water partition coefficient (Wildman–Crippen LogP) is 6.04. The Morgan fingerprint density at radius 3 is 1.86 bits per heavy atom. The summed E-state index contributed by atoms with van der Waals surface area (Å²) in [5, 5.41) is 0. The zero-order valence-corrected chi connectivity index (χ0v) is 20.2. The van der Waals surface area contributed by atoms with Gasteiger partial charge in [0.05, 0.1) is 13.0 Å². The number of hydrogen-bond acceptors (Lipinski definition) is 2. The van der Waals surface area contributed by atoms with E-state index in [4.69, 9.17) is 0 Å². The van der Waals surface area contributed by atoms with Crippen LogP contribution in [0.15, 0.2) is 109 Å². The summed E-state index contributed by atoms with van der Waals surface area (Å²) in [6.07, 6.45) is 0.273. The first-order valence-corrected chi connectivity index (χ1v) is 11.8. The van der Waals surface area contributed by atoms with E-state index in [1.807, 2.05) is 123 Å². The van der Waals surface area contributed by atoms with Gasteiger partial charge in [-0.1, -0.05) is 90.5 Å². The number of carbonyl (C=O) groups excluding carboxylic acids is 2. The van der Waals surface area contributed by atoms with Gasteiger partial charge in [0.25, 0.3) is 5.91 Å². The highest BCUT2D eigenvalue weighted by atomic mass is 16.2. The third-order valence-corrected chi connectivity index (χ3v) is 5.99. The number of aryl methyl sites for hydroxylation is 1. The number of likely N-dealkylation sites (N-methyl/N-ethyl adjacent to an activating group) is 1. The highest BCUT2D eigenvalue weighted by Gasteiger charge is 2.19. The van der Waals surface area contributed by atoms with Crippen molar-refractivity contribution in [2.24, 2.45) is 0 Å². The van der Waals surface area contributed by atoms with Crippen molar-refractivity contribution in [1.82, 2.24) is 4.90 Å². The van der Waals surface area contributed by atoms with Crippen LogP contribution in [0.2, 0.25) is 0 Å². The summed E-state index contributed by atoms with van der Waals surface area (Å²) in [5.74, 6) is -0.0380. The van der Waals surface area contributed by atoms with Crippen LogP contribution >= 0.6 is 0 Å². The number of carbonyl (C=O) groups is 2. The molecule has 35 heavy (non-hydrogen) atoms. The monoisotopic (exact) mass is 462 g/mol. The largest absolute Gasteiger partial charge is 0.341 e. The SMILES string of the molecule is Cc1ccc(C(=O)N(Cc2ccccc2)c2cccc(CC(=O)N(C)Cc3ccccc3)c2)cc1. The lowest BCUT2D eigenvalue weighted by atomic mass is 10.1. The Morgan fingerprint density at radius 1 is 0.657 bits per heavy atom. The minimum absolute atomic E-state index is 0.0328. The van der Waals surface area contributed by atoms with Gasteiger partial charge in [-0.25, -0.2) is 0 Å².